The summed E-state index contributed by atoms with van der Waals surface area (Å²) in [5, 5.41) is 16.6. The predicted molar refractivity (Wildman–Crippen MR) is 112 cm³/mol. The molecule has 2 atom stereocenters. The van der Waals surface area contributed by atoms with Crippen LogP contribution in [0.15, 0.2) is 24.3 Å². The lowest BCUT2D eigenvalue weighted by Gasteiger charge is -2.29. The zero-order valence-electron chi connectivity index (χ0n) is 15.6. The summed E-state index contributed by atoms with van der Waals surface area (Å²) in [6.07, 6.45) is 4.18. The average molecular weight is 398 g/mol. The van der Waals surface area contributed by atoms with E-state index in [4.69, 9.17) is 11.5 Å². The van der Waals surface area contributed by atoms with Crippen molar-refractivity contribution in [2.24, 2.45) is 11.5 Å². The second-order valence-electron chi connectivity index (χ2n) is 7.07. The van der Waals surface area contributed by atoms with Crippen molar-refractivity contribution in [1.29, 1.82) is 0 Å². The molecular formula is C19H23N7OS. The summed E-state index contributed by atoms with van der Waals surface area (Å²) < 4.78 is 1.15. The average Bonchev–Trinajstić information content (AvgIpc) is 2.99. The van der Waals surface area contributed by atoms with Gasteiger partial charge in [0, 0.05) is 16.8 Å². The highest BCUT2D eigenvalue weighted by atomic mass is 32.1. The number of anilines is 3. The van der Waals surface area contributed by atoms with Gasteiger partial charge in [-0.1, -0.05) is 31.0 Å². The topological polar surface area (TPSA) is 132 Å². The Labute approximate surface area is 166 Å². The van der Waals surface area contributed by atoms with E-state index in [1.165, 1.54) is 0 Å². The molecule has 1 fully saturated rings. The Hall–Kier alpha value is -2.78. The van der Waals surface area contributed by atoms with Crippen LogP contribution in [0.2, 0.25) is 0 Å². The minimum absolute atomic E-state index is 0.00958. The second-order valence-corrected chi connectivity index (χ2v) is 8.13. The van der Waals surface area contributed by atoms with Gasteiger partial charge in [0.2, 0.25) is 5.95 Å². The number of nitrogens with one attached hydrogen (secondary N) is 2. The molecule has 9 heteroatoms. The molecule has 2 heterocycles. The van der Waals surface area contributed by atoms with E-state index in [0.717, 1.165) is 46.3 Å². The number of carbonyl (C=O) groups excluding carboxylic acids is 1. The Morgan fingerprint density at radius 1 is 1.21 bits per heavy atom. The highest BCUT2D eigenvalue weighted by Gasteiger charge is 2.24. The number of fused-ring (bicyclic) bond motifs is 1. The molecule has 8 nitrogen and oxygen atoms in total. The Bertz CT molecular complexity index is 1020. The quantitative estimate of drug-likeness (QED) is 0.520. The number of primary amides is 1. The molecular weight excluding hydrogens is 374 g/mol. The van der Waals surface area contributed by atoms with Gasteiger partial charge in [-0.25, -0.2) is 0 Å². The van der Waals surface area contributed by atoms with Crippen LogP contribution in [-0.4, -0.2) is 33.2 Å². The first kappa shape index (κ1) is 18.6. The fourth-order valence-electron chi connectivity index (χ4n) is 3.55. The summed E-state index contributed by atoms with van der Waals surface area (Å²) >= 11 is 1.59. The van der Waals surface area contributed by atoms with E-state index >= 15 is 0 Å². The standard InChI is InChI=1S/C19H23N7OS/c1-10-11-6-2-5-9-14(11)28-18(10)23-17-15(16(21)27)25-26-19(24-17)22-13-8-4-3-7-12(13)20/h2,5-6,9,12-13H,3-4,7-8,20H2,1H3,(H2,21,27)(H2,22,23,24,26)/t12-,13+/m0/s1. The van der Waals surface area contributed by atoms with E-state index in [1.807, 2.05) is 19.1 Å². The van der Waals surface area contributed by atoms with Gasteiger partial charge in [-0.15, -0.1) is 21.5 Å². The molecule has 0 unspecified atom stereocenters. The van der Waals surface area contributed by atoms with Gasteiger partial charge in [0.05, 0.1) is 5.00 Å². The molecule has 0 radical (unpaired) electrons. The van der Waals surface area contributed by atoms with Gasteiger partial charge >= 0.3 is 0 Å². The lowest BCUT2D eigenvalue weighted by molar-refractivity contribution is 0.0995. The number of hydrogen-bond acceptors (Lipinski definition) is 8. The maximum Gasteiger partial charge on any atom is 0.273 e. The number of nitrogens with two attached hydrogens (primary N) is 2. The lowest BCUT2D eigenvalue weighted by atomic mass is 9.91. The van der Waals surface area contributed by atoms with Crippen LogP contribution in [0.4, 0.5) is 16.8 Å². The number of hydrogen-bond donors (Lipinski definition) is 4. The van der Waals surface area contributed by atoms with Gasteiger partial charge in [0.25, 0.3) is 5.91 Å². The maximum atomic E-state index is 11.8. The highest BCUT2D eigenvalue weighted by molar-refractivity contribution is 7.23. The number of benzene rings is 1. The monoisotopic (exact) mass is 397 g/mol. The van der Waals surface area contributed by atoms with Gasteiger partial charge in [-0.2, -0.15) is 4.98 Å². The van der Waals surface area contributed by atoms with Crippen LogP contribution in [0, 0.1) is 6.92 Å². The Kier molecular flexibility index (Phi) is 5.10. The van der Waals surface area contributed by atoms with Crippen molar-refractivity contribution in [1.82, 2.24) is 15.2 Å². The van der Waals surface area contributed by atoms with Gasteiger partial charge in [-0.3, -0.25) is 4.79 Å². The second kappa shape index (κ2) is 7.69. The molecule has 1 amide bonds. The van der Waals surface area contributed by atoms with Crippen molar-refractivity contribution < 1.29 is 4.79 Å². The van der Waals surface area contributed by atoms with Crippen molar-refractivity contribution in [3.05, 3.63) is 35.5 Å². The first-order valence-corrected chi connectivity index (χ1v) is 10.2. The van der Waals surface area contributed by atoms with Crippen LogP contribution in [0.1, 0.15) is 41.7 Å². The summed E-state index contributed by atoms with van der Waals surface area (Å²) in [7, 11) is 0. The summed E-state index contributed by atoms with van der Waals surface area (Å²) in [5.41, 5.74) is 12.8. The van der Waals surface area contributed by atoms with Crippen LogP contribution in [0.25, 0.3) is 10.1 Å². The largest absolute Gasteiger partial charge is 0.364 e. The Balaban J connectivity index is 1.65. The number of thiophene rings is 1. The molecule has 1 saturated carbocycles. The van der Waals surface area contributed by atoms with Crippen molar-refractivity contribution >= 4 is 44.1 Å². The van der Waals surface area contributed by atoms with Gasteiger partial charge in [0.1, 0.15) is 0 Å². The maximum absolute atomic E-state index is 11.8. The third kappa shape index (κ3) is 3.63. The first-order chi connectivity index (χ1) is 13.5. The zero-order valence-corrected chi connectivity index (χ0v) is 16.4. The molecule has 0 saturated heterocycles. The van der Waals surface area contributed by atoms with Gasteiger partial charge < -0.3 is 22.1 Å². The molecule has 1 aliphatic rings. The lowest BCUT2D eigenvalue weighted by Crippen LogP contribution is -2.43. The first-order valence-electron chi connectivity index (χ1n) is 9.34. The number of aryl methyl sites for hydroxylation is 1. The number of amides is 1. The molecule has 4 rings (SSSR count). The van der Waals surface area contributed by atoms with Crippen molar-refractivity contribution in [3.63, 3.8) is 0 Å². The predicted octanol–water partition coefficient (Wildman–Crippen LogP) is 2.92. The van der Waals surface area contributed by atoms with E-state index < -0.39 is 5.91 Å². The molecule has 2 aromatic heterocycles. The molecule has 6 N–H and O–H groups in total. The minimum Gasteiger partial charge on any atom is -0.364 e. The SMILES string of the molecule is Cc1c(Nc2nc(N[C@@H]3CCCC[C@@H]3N)nnc2C(N)=O)sc2ccccc12. The number of rotatable bonds is 5. The zero-order chi connectivity index (χ0) is 19.7. The fourth-order valence-corrected chi connectivity index (χ4v) is 4.65. The molecule has 0 bridgehead atoms. The minimum atomic E-state index is -0.679. The molecule has 28 heavy (non-hydrogen) atoms. The van der Waals surface area contributed by atoms with E-state index in [9.17, 15) is 4.79 Å². The van der Waals surface area contributed by atoms with Gasteiger partial charge in [-0.05, 0) is 36.8 Å². The van der Waals surface area contributed by atoms with Crippen molar-refractivity contribution in [2.45, 2.75) is 44.7 Å². The molecule has 0 aliphatic heterocycles. The summed E-state index contributed by atoms with van der Waals surface area (Å²) in [6.45, 7) is 2.03. The molecule has 1 aliphatic carbocycles. The van der Waals surface area contributed by atoms with E-state index in [0.29, 0.717) is 11.8 Å². The molecule has 0 spiro atoms. The van der Waals surface area contributed by atoms with Crippen LogP contribution in [0.3, 0.4) is 0 Å². The summed E-state index contributed by atoms with van der Waals surface area (Å²) in [4.78, 5) is 16.3. The van der Waals surface area contributed by atoms with Crippen molar-refractivity contribution in [3.8, 4) is 0 Å². The van der Waals surface area contributed by atoms with E-state index in [-0.39, 0.29) is 17.8 Å². The summed E-state index contributed by atoms with van der Waals surface area (Å²) in [6, 6.07) is 8.27. The Morgan fingerprint density at radius 3 is 2.75 bits per heavy atom. The number of carbonyl (C=O) groups is 1. The molecule has 1 aromatic carbocycles. The van der Waals surface area contributed by atoms with Crippen LogP contribution in [0.5, 0.6) is 0 Å². The van der Waals surface area contributed by atoms with Crippen LogP contribution < -0.4 is 22.1 Å². The Morgan fingerprint density at radius 2 is 2.00 bits per heavy atom. The smallest absolute Gasteiger partial charge is 0.273 e. The number of nitrogens with zero attached hydrogens (tertiary/aromatic N) is 3. The third-order valence-electron chi connectivity index (χ3n) is 5.13. The van der Waals surface area contributed by atoms with E-state index in [2.05, 4.69) is 37.9 Å². The third-order valence-corrected chi connectivity index (χ3v) is 6.32. The van der Waals surface area contributed by atoms with Crippen LogP contribution in [-0.2, 0) is 0 Å². The number of aromatic nitrogens is 3. The normalized spacial score (nSPS) is 19.5. The highest BCUT2D eigenvalue weighted by Crippen LogP contribution is 2.36. The van der Waals surface area contributed by atoms with E-state index in [1.54, 1.807) is 11.3 Å². The molecule has 146 valence electrons. The van der Waals surface area contributed by atoms with Crippen molar-refractivity contribution in [2.75, 3.05) is 10.6 Å². The fraction of sp³-hybridized carbons (Fsp3) is 0.368. The summed E-state index contributed by atoms with van der Waals surface area (Å²) in [5.74, 6) is -0.0418. The molecule has 3 aromatic rings. The van der Waals surface area contributed by atoms with Crippen LogP contribution >= 0.6 is 11.3 Å². The van der Waals surface area contributed by atoms with Gasteiger partial charge in [0.15, 0.2) is 11.5 Å².